The minimum Gasteiger partial charge on any atom is -0.207 e. The van der Waals surface area contributed by atoms with Crippen LogP contribution in [0.15, 0.2) is 18.2 Å². The SMILES string of the molecule is CC(C)C(Br)CCCc1ccc(Cl)cc1F. The largest absolute Gasteiger partial charge is 0.207 e. The molecular formula is C13H17BrClF. The van der Waals surface area contributed by atoms with Gasteiger partial charge in [-0.05, 0) is 42.9 Å². The van der Waals surface area contributed by atoms with Gasteiger partial charge in [0.2, 0.25) is 0 Å². The molecule has 0 aliphatic carbocycles. The van der Waals surface area contributed by atoms with Crippen molar-refractivity contribution in [3.63, 3.8) is 0 Å². The zero-order valence-electron chi connectivity index (χ0n) is 9.64. The highest BCUT2D eigenvalue weighted by Gasteiger charge is 2.09. The Balaban J connectivity index is 2.43. The van der Waals surface area contributed by atoms with Crippen molar-refractivity contribution in [1.82, 2.24) is 0 Å². The monoisotopic (exact) mass is 306 g/mol. The molecule has 3 heteroatoms. The van der Waals surface area contributed by atoms with Crippen molar-refractivity contribution in [3.05, 3.63) is 34.6 Å². The summed E-state index contributed by atoms with van der Waals surface area (Å²) in [5.74, 6) is 0.429. The summed E-state index contributed by atoms with van der Waals surface area (Å²) >= 11 is 9.33. The summed E-state index contributed by atoms with van der Waals surface area (Å²) in [7, 11) is 0. The van der Waals surface area contributed by atoms with E-state index in [9.17, 15) is 4.39 Å². The van der Waals surface area contributed by atoms with Crippen molar-refractivity contribution in [2.75, 3.05) is 0 Å². The van der Waals surface area contributed by atoms with Crippen LogP contribution >= 0.6 is 27.5 Å². The summed E-state index contributed by atoms with van der Waals surface area (Å²) in [5, 5.41) is 0.460. The van der Waals surface area contributed by atoms with Crippen molar-refractivity contribution in [2.45, 2.75) is 37.9 Å². The predicted molar refractivity (Wildman–Crippen MR) is 71.9 cm³/mol. The molecule has 1 unspecified atom stereocenters. The third kappa shape index (κ3) is 4.42. The fourth-order valence-corrected chi connectivity index (χ4v) is 2.03. The van der Waals surface area contributed by atoms with Gasteiger partial charge in [0, 0.05) is 9.85 Å². The first-order valence-electron chi connectivity index (χ1n) is 5.58. The van der Waals surface area contributed by atoms with Gasteiger partial charge in [0.05, 0.1) is 0 Å². The number of rotatable bonds is 5. The molecule has 0 saturated heterocycles. The summed E-state index contributed by atoms with van der Waals surface area (Å²) in [6.45, 7) is 4.37. The summed E-state index contributed by atoms with van der Waals surface area (Å²) in [6.07, 6.45) is 2.84. The molecule has 0 spiro atoms. The molecule has 0 heterocycles. The van der Waals surface area contributed by atoms with Crippen molar-refractivity contribution < 1.29 is 4.39 Å². The Kier molecular flexibility index (Phi) is 5.77. The van der Waals surface area contributed by atoms with Gasteiger partial charge in [-0.15, -0.1) is 0 Å². The van der Waals surface area contributed by atoms with Gasteiger partial charge in [-0.3, -0.25) is 0 Å². The van der Waals surface area contributed by atoms with Gasteiger partial charge >= 0.3 is 0 Å². The molecule has 1 aromatic rings. The van der Waals surface area contributed by atoms with Crippen LogP contribution in [0.25, 0.3) is 0 Å². The normalized spacial score (nSPS) is 13.1. The first-order chi connectivity index (χ1) is 7.50. The highest BCUT2D eigenvalue weighted by molar-refractivity contribution is 9.09. The van der Waals surface area contributed by atoms with Gasteiger partial charge in [0.1, 0.15) is 5.82 Å². The number of aryl methyl sites for hydroxylation is 1. The molecule has 0 saturated carbocycles. The van der Waals surface area contributed by atoms with E-state index in [1.165, 1.54) is 6.07 Å². The number of halogens is 3. The molecule has 0 bridgehead atoms. The Hall–Kier alpha value is -0.0800. The quantitative estimate of drug-likeness (QED) is 0.654. The Morgan fingerprint density at radius 2 is 2.06 bits per heavy atom. The maximum Gasteiger partial charge on any atom is 0.127 e. The number of hydrogen-bond donors (Lipinski definition) is 0. The van der Waals surface area contributed by atoms with Crippen LogP contribution in [-0.4, -0.2) is 4.83 Å². The first-order valence-corrected chi connectivity index (χ1v) is 6.88. The molecule has 1 rings (SSSR count). The number of benzene rings is 1. The van der Waals surface area contributed by atoms with E-state index in [2.05, 4.69) is 29.8 Å². The molecule has 16 heavy (non-hydrogen) atoms. The molecule has 0 fully saturated rings. The van der Waals surface area contributed by atoms with Crippen molar-refractivity contribution in [2.24, 2.45) is 5.92 Å². The van der Waals surface area contributed by atoms with Crippen molar-refractivity contribution in [1.29, 1.82) is 0 Å². The molecule has 0 aliphatic heterocycles. The minimum atomic E-state index is -0.192. The second-order valence-electron chi connectivity index (χ2n) is 4.39. The zero-order chi connectivity index (χ0) is 12.1. The van der Waals surface area contributed by atoms with E-state index < -0.39 is 0 Å². The first kappa shape index (κ1) is 14.0. The van der Waals surface area contributed by atoms with Crippen LogP contribution in [0, 0.1) is 11.7 Å². The molecular weight excluding hydrogens is 290 g/mol. The van der Waals surface area contributed by atoms with E-state index in [-0.39, 0.29) is 5.82 Å². The lowest BCUT2D eigenvalue weighted by atomic mass is 10.0. The summed E-state index contributed by atoms with van der Waals surface area (Å²) in [4.78, 5) is 0.517. The standard InChI is InChI=1S/C13H17BrClF/c1-9(2)12(14)5-3-4-10-6-7-11(15)8-13(10)16/h6-9,12H,3-5H2,1-2H3. The van der Waals surface area contributed by atoms with Gasteiger partial charge < -0.3 is 0 Å². The molecule has 1 aromatic carbocycles. The van der Waals surface area contributed by atoms with Gasteiger partial charge in [-0.2, -0.15) is 0 Å². The molecule has 0 aliphatic rings. The third-order valence-electron chi connectivity index (χ3n) is 2.66. The lowest BCUT2D eigenvalue weighted by Gasteiger charge is -2.13. The van der Waals surface area contributed by atoms with Crippen LogP contribution in [0.5, 0.6) is 0 Å². The van der Waals surface area contributed by atoms with E-state index in [4.69, 9.17) is 11.6 Å². The van der Waals surface area contributed by atoms with Crippen LogP contribution < -0.4 is 0 Å². The lowest BCUT2D eigenvalue weighted by Crippen LogP contribution is -2.07. The Morgan fingerprint density at radius 3 is 2.62 bits per heavy atom. The summed E-state index contributed by atoms with van der Waals surface area (Å²) < 4.78 is 13.4. The fraction of sp³-hybridized carbons (Fsp3) is 0.538. The zero-order valence-corrected chi connectivity index (χ0v) is 12.0. The van der Waals surface area contributed by atoms with E-state index in [1.807, 2.05) is 0 Å². The highest BCUT2D eigenvalue weighted by atomic mass is 79.9. The van der Waals surface area contributed by atoms with Gasteiger partial charge in [-0.25, -0.2) is 4.39 Å². The van der Waals surface area contributed by atoms with Gasteiger partial charge in [-0.1, -0.05) is 47.4 Å². The smallest absolute Gasteiger partial charge is 0.127 e. The second kappa shape index (κ2) is 6.61. The fourth-order valence-electron chi connectivity index (χ4n) is 1.55. The van der Waals surface area contributed by atoms with Gasteiger partial charge in [0.25, 0.3) is 0 Å². The van der Waals surface area contributed by atoms with E-state index in [1.54, 1.807) is 12.1 Å². The van der Waals surface area contributed by atoms with Crippen molar-refractivity contribution in [3.8, 4) is 0 Å². The highest BCUT2D eigenvalue weighted by Crippen LogP contribution is 2.21. The summed E-state index contributed by atoms with van der Waals surface area (Å²) in [6, 6.07) is 4.90. The van der Waals surface area contributed by atoms with Crippen molar-refractivity contribution >= 4 is 27.5 Å². The maximum absolute atomic E-state index is 13.4. The predicted octanol–water partition coefficient (Wildman–Crippen LogP) is 5.22. The second-order valence-corrected chi connectivity index (χ2v) is 6.00. The van der Waals surface area contributed by atoms with Crippen LogP contribution in [0.1, 0.15) is 32.3 Å². The number of alkyl halides is 1. The number of hydrogen-bond acceptors (Lipinski definition) is 0. The Bertz CT molecular complexity index is 339. The van der Waals surface area contributed by atoms with Crippen LogP contribution in [0.4, 0.5) is 4.39 Å². The molecule has 0 nitrogen and oxygen atoms in total. The lowest BCUT2D eigenvalue weighted by molar-refractivity contribution is 0.552. The van der Waals surface area contributed by atoms with Crippen LogP contribution in [0.2, 0.25) is 5.02 Å². The molecule has 0 N–H and O–H groups in total. The molecule has 0 aromatic heterocycles. The van der Waals surface area contributed by atoms with Crippen LogP contribution in [-0.2, 0) is 6.42 Å². The van der Waals surface area contributed by atoms with Crippen LogP contribution in [0.3, 0.4) is 0 Å². The summed E-state index contributed by atoms with van der Waals surface area (Å²) in [5.41, 5.74) is 0.757. The third-order valence-corrected chi connectivity index (χ3v) is 4.41. The maximum atomic E-state index is 13.4. The Morgan fingerprint density at radius 1 is 1.38 bits per heavy atom. The van der Waals surface area contributed by atoms with Gasteiger partial charge in [0.15, 0.2) is 0 Å². The molecule has 1 atom stereocenters. The molecule has 0 radical (unpaired) electrons. The average Bonchev–Trinajstić information content (AvgIpc) is 2.20. The van der Waals surface area contributed by atoms with E-state index in [0.29, 0.717) is 15.8 Å². The minimum absolute atomic E-state index is 0.192. The van der Waals surface area contributed by atoms with E-state index >= 15 is 0 Å². The average molecular weight is 308 g/mol. The topological polar surface area (TPSA) is 0 Å². The molecule has 0 amide bonds. The van der Waals surface area contributed by atoms with E-state index in [0.717, 1.165) is 24.8 Å². The Labute approximate surface area is 110 Å². The molecule has 90 valence electrons.